The summed E-state index contributed by atoms with van der Waals surface area (Å²) >= 11 is 0. The Kier molecular flexibility index (Phi) is 5.43. The molecule has 0 radical (unpaired) electrons. The maximum atomic E-state index is 13.0. The summed E-state index contributed by atoms with van der Waals surface area (Å²) in [4.78, 5) is 24.2. The molecule has 0 saturated carbocycles. The minimum absolute atomic E-state index is 0.0939. The molecule has 0 aliphatic carbocycles. The molecule has 1 saturated heterocycles. The van der Waals surface area contributed by atoms with Gasteiger partial charge in [-0.15, -0.1) is 0 Å². The minimum atomic E-state index is -4.67. The lowest BCUT2D eigenvalue weighted by Crippen LogP contribution is -2.50. The molecule has 9 heteroatoms. The van der Waals surface area contributed by atoms with Gasteiger partial charge in [0.15, 0.2) is 0 Å². The quantitative estimate of drug-likeness (QED) is 0.617. The zero-order chi connectivity index (χ0) is 19.4. The maximum absolute atomic E-state index is 13.0. The van der Waals surface area contributed by atoms with Gasteiger partial charge in [-0.25, -0.2) is 10.9 Å². The van der Waals surface area contributed by atoms with E-state index in [1.807, 2.05) is 35.8 Å². The van der Waals surface area contributed by atoms with Crippen LogP contribution in [0.15, 0.2) is 54.6 Å². The zero-order valence-electron chi connectivity index (χ0n) is 14.0. The highest BCUT2D eigenvalue weighted by molar-refractivity contribution is 5.97. The molecule has 2 aromatic carbocycles. The molecule has 0 aromatic heterocycles. The molecule has 4 N–H and O–H groups in total. The van der Waals surface area contributed by atoms with E-state index >= 15 is 0 Å². The van der Waals surface area contributed by atoms with Crippen molar-refractivity contribution in [2.45, 2.75) is 24.7 Å². The van der Waals surface area contributed by atoms with Crippen LogP contribution in [0.2, 0.25) is 0 Å². The van der Waals surface area contributed by atoms with Gasteiger partial charge in [0, 0.05) is 6.04 Å². The van der Waals surface area contributed by atoms with Gasteiger partial charge in [0.25, 0.3) is 11.8 Å². The third-order valence-electron chi connectivity index (χ3n) is 4.20. The Bertz CT molecular complexity index is 827. The standard InChI is InChI=1S/C18H17F3N4O2/c19-18(20,21)13-9-5-4-8-12(13)16(26)24-25-17(27)15-10-14(22-23-15)11-6-2-1-3-7-11/h1-9,14-15,22-23H,10H2,(H,24,26)(H,25,27). The van der Waals surface area contributed by atoms with Crippen LogP contribution in [-0.2, 0) is 11.0 Å². The summed E-state index contributed by atoms with van der Waals surface area (Å²) in [5, 5.41) is 0. The van der Waals surface area contributed by atoms with E-state index in [-0.39, 0.29) is 6.04 Å². The van der Waals surface area contributed by atoms with Gasteiger partial charge in [-0.2, -0.15) is 13.2 Å². The molecule has 1 aliphatic heterocycles. The lowest BCUT2D eigenvalue weighted by atomic mass is 10.0. The lowest BCUT2D eigenvalue weighted by molar-refractivity contribution is -0.137. The molecule has 2 amide bonds. The van der Waals surface area contributed by atoms with Gasteiger partial charge < -0.3 is 0 Å². The van der Waals surface area contributed by atoms with Gasteiger partial charge in [0.05, 0.1) is 11.1 Å². The number of nitrogens with one attached hydrogen (secondary N) is 4. The molecule has 142 valence electrons. The number of amides is 2. The Balaban J connectivity index is 1.58. The Labute approximate surface area is 153 Å². The first-order valence-corrected chi connectivity index (χ1v) is 8.18. The van der Waals surface area contributed by atoms with Crippen molar-refractivity contribution in [1.82, 2.24) is 21.7 Å². The van der Waals surface area contributed by atoms with Crippen molar-refractivity contribution in [3.63, 3.8) is 0 Å². The number of halogens is 3. The van der Waals surface area contributed by atoms with E-state index < -0.39 is 35.2 Å². The van der Waals surface area contributed by atoms with Crippen LogP contribution in [0.25, 0.3) is 0 Å². The molecule has 1 heterocycles. The summed E-state index contributed by atoms with van der Waals surface area (Å²) in [6.45, 7) is 0. The van der Waals surface area contributed by atoms with Gasteiger partial charge in [0.1, 0.15) is 6.04 Å². The van der Waals surface area contributed by atoms with Crippen molar-refractivity contribution in [3.8, 4) is 0 Å². The highest BCUT2D eigenvalue weighted by Crippen LogP contribution is 2.31. The number of rotatable bonds is 3. The number of carbonyl (C=O) groups excluding carboxylic acids is 2. The van der Waals surface area contributed by atoms with Gasteiger partial charge in [-0.05, 0) is 24.1 Å². The highest BCUT2D eigenvalue weighted by atomic mass is 19.4. The van der Waals surface area contributed by atoms with Crippen molar-refractivity contribution in [3.05, 3.63) is 71.3 Å². The van der Waals surface area contributed by atoms with Gasteiger partial charge in [0.2, 0.25) is 0 Å². The maximum Gasteiger partial charge on any atom is 0.417 e. The summed E-state index contributed by atoms with van der Waals surface area (Å²) in [6.07, 6.45) is -4.25. The molecule has 0 bridgehead atoms. The minimum Gasteiger partial charge on any atom is -0.271 e. The van der Waals surface area contributed by atoms with Crippen LogP contribution in [0.3, 0.4) is 0 Å². The Hall–Kier alpha value is -2.91. The first-order valence-electron chi connectivity index (χ1n) is 8.18. The van der Waals surface area contributed by atoms with Crippen LogP contribution in [0, 0.1) is 0 Å². The largest absolute Gasteiger partial charge is 0.417 e. The normalized spacial score (nSPS) is 19.5. The Morgan fingerprint density at radius 2 is 1.59 bits per heavy atom. The van der Waals surface area contributed by atoms with E-state index in [9.17, 15) is 22.8 Å². The molecule has 1 aliphatic rings. The van der Waals surface area contributed by atoms with Crippen LogP contribution in [0.1, 0.15) is 33.9 Å². The molecule has 0 spiro atoms. The average Bonchev–Trinajstić information content (AvgIpc) is 3.16. The Morgan fingerprint density at radius 1 is 0.926 bits per heavy atom. The third-order valence-corrected chi connectivity index (χ3v) is 4.20. The second-order valence-corrected chi connectivity index (χ2v) is 6.03. The van der Waals surface area contributed by atoms with E-state index in [4.69, 9.17) is 0 Å². The van der Waals surface area contributed by atoms with E-state index in [2.05, 4.69) is 16.3 Å². The fourth-order valence-corrected chi connectivity index (χ4v) is 2.83. The molecule has 2 atom stereocenters. The molecule has 27 heavy (non-hydrogen) atoms. The van der Waals surface area contributed by atoms with Crippen molar-refractivity contribution in [2.24, 2.45) is 0 Å². The molecule has 2 unspecified atom stereocenters. The number of alkyl halides is 3. The van der Waals surface area contributed by atoms with E-state index in [0.717, 1.165) is 17.7 Å². The van der Waals surface area contributed by atoms with E-state index in [1.165, 1.54) is 12.1 Å². The fourth-order valence-electron chi connectivity index (χ4n) is 2.83. The second-order valence-electron chi connectivity index (χ2n) is 6.03. The molecule has 1 fully saturated rings. The van der Waals surface area contributed by atoms with Gasteiger partial charge >= 0.3 is 6.18 Å². The number of benzene rings is 2. The Morgan fingerprint density at radius 3 is 2.30 bits per heavy atom. The fraction of sp³-hybridized carbons (Fsp3) is 0.222. The molecule has 3 rings (SSSR count). The summed E-state index contributed by atoms with van der Waals surface area (Å²) in [5.41, 5.74) is 9.35. The summed E-state index contributed by atoms with van der Waals surface area (Å²) in [7, 11) is 0. The highest BCUT2D eigenvalue weighted by Gasteiger charge is 2.35. The monoisotopic (exact) mass is 378 g/mol. The summed E-state index contributed by atoms with van der Waals surface area (Å²) in [6, 6.07) is 13.1. The number of carbonyl (C=O) groups is 2. The van der Waals surface area contributed by atoms with Crippen molar-refractivity contribution < 1.29 is 22.8 Å². The van der Waals surface area contributed by atoms with Crippen molar-refractivity contribution in [2.75, 3.05) is 0 Å². The average molecular weight is 378 g/mol. The predicted molar refractivity (Wildman–Crippen MR) is 90.9 cm³/mol. The number of hydrogen-bond acceptors (Lipinski definition) is 4. The molecular weight excluding hydrogens is 361 g/mol. The van der Waals surface area contributed by atoms with Gasteiger partial charge in [-0.3, -0.25) is 20.4 Å². The van der Waals surface area contributed by atoms with Crippen molar-refractivity contribution in [1.29, 1.82) is 0 Å². The van der Waals surface area contributed by atoms with Crippen LogP contribution in [0.4, 0.5) is 13.2 Å². The topological polar surface area (TPSA) is 82.3 Å². The van der Waals surface area contributed by atoms with Crippen LogP contribution < -0.4 is 21.7 Å². The van der Waals surface area contributed by atoms with Crippen LogP contribution in [-0.4, -0.2) is 17.9 Å². The SMILES string of the molecule is O=C(NNC(=O)C1CC(c2ccccc2)NN1)c1ccccc1C(F)(F)F. The first kappa shape index (κ1) is 18.9. The molecule has 6 nitrogen and oxygen atoms in total. The zero-order valence-corrected chi connectivity index (χ0v) is 14.0. The second kappa shape index (κ2) is 7.77. The first-order chi connectivity index (χ1) is 12.9. The van der Waals surface area contributed by atoms with Crippen LogP contribution in [0.5, 0.6) is 0 Å². The van der Waals surface area contributed by atoms with E-state index in [0.29, 0.717) is 6.42 Å². The molecule has 2 aromatic rings. The summed E-state index contributed by atoms with van der Waals surface area (Å²) in [5.74, 6) is -1.60. The summed E-state index contributed by atoms with van der Waals surface area (Å²) < 4.78 is 38.9. The molecular formula is C18H17F3N4O2. The number of hydrogen-bond donors (Lipinski definition) is 4. The van der Waals surface area contributed by atoms with Gasteiger partial charge in [-0.1, -0.05) is 42.5 Å². The lowest BCUT2D eigenvalue weighted by Gasteiger charge is -2.14. The van der Waals surface area contributed by atoms with Crippen molar-refractivity contribution >= 4 is 11.8 Å². The smallest absolute Gasteiger partial charge is 0.271 e. The third kappa shape index (κ3) is 4.44. The van der Waals surface area contributed by atoms with E-state index in [1.54, 1.807) is 0 Å². The number of hydrazine groups is 2. The van der Waals surface area contributed by atoms with Crippen LogP contribution >= 0.6 is 0 Å². The predicted octanol–water partition coefficient (Wildman–Crippen LogP) is 2.07.